The molecule has 0 spiro atoms. The second-order valence-corrected chi connectivity index (χ2v) is 6.06. The Balaban J connectivity index is 1.70. The zero-order chi connectivity index (χ0) is 13.4. The van der Waals surface area contributed by atoms with Gasteiger partial charge in [-0.05, 0) is 31.6 Å². The normalized spacial score (nSPS) is 27.3. The van der Waals surface area contributed by atoms with Crippen LogP contribution in [-0.2, 0) is 0 Å². The average molecular weight is 262 g/mol. The van der Waals surface area contributed by atoms with Crippen LogP contribution in [0.3, 0.4) is 0 Å². The minimum absolute atomic E-state index is 0.0399. The predicted octanol–water partition coefficient (Wildman–Crippen LogP) is 2.33. The molecule has 1 heterocycles. The third kappa shape index (κ3) is 2.51. The van der Waals surface area contributed by atoms with E-state index in [1.54, 1.807) is 0 Å². The minimum Gasteiger partial charge on any atom is -0.336 e. The number of hydrogen-bond acceptors (Lipinski definition) is 3. The second kappa shape index (κ2) is 4.94. The maximum Gasteiger partial charge on any atom is 0.293 e. The van der Waals surface area contributed by atoms with Crippen molar-refractivity contribution < 1.29 is 4.79 Å². The molecule has 0 aliphatic heterocycles. The van der Waals surface area contributed by atoms with Gasteiger partial charge in [0.15, 0.2) is 0 Å². The summed E-state index contributed by atoms with van der Waals surface area (Å²) in [6.07, 6.45) is 7.14. The summed E-state index contributed by atoms with van der Waals surface area (Å²) in [5.41, 5.74) is 0. The summed E-state index contributed by atoms with van der Waals surface area (Å²) in [6.45, 7) is 2.24. The van der Waals surface area contributed by atoms with Crippen LogP contribution in [0.2, 0.25) is 0 Å². The first-order valence-corrected chi connectivity index (χ1v) is 7.36. The molecule has 1 aromatic rings. The van der Waals surface area contributed by atoms with E-state index in [1.807, 2.05) is 11.9 Å². The van der Waals surface area contributed by atoms with Gasteiger partial charge < -0.3 is 4.90 Å². The van der Waals surface area contributed by atoms with Gasteiger partial charge in [-0.3, -0.25) is 9.89 Å². The number of nitrogens with zero attached hydrogens (tertiary/aromatic N) is 3. The highest BCUT2D eigenvalue weighted by Gasteiger charge is 2.32. The van der Waals surface area contributed by atoms with Gasteiger partial charge in [0.1, 0.15) is 5.82 Å². The van der Waals surface area contributed by atoms with E-state index in [0.717, 1.165) is 12.2 Å². The van der Waals surface area contributed by atoms with Crippen LogP contribution in [0.4, 0.5) is 0 Å². The fraction of sp³-hybridized carbons (Fsp3) is 0.786. The monoisotopic (exact) mass is 262 g/mol. The van der Waals surface area contributed by atoms with Gasteiger partial charge in [0.2, 0.25) is 5.82 Å². The predicted molar refractivity (Wildman–Crippen MR) is 71.9 cm³/mol. The summed E-state index contributed by atoms with van der Waals surface area (Å²) in [6, 6.07) is 0.337. The fourth-order valence-electron chi connectivity index (χ4n) is 3.09. The number of carbonyl (C=O) groups is 1. The standard InChI is InChI=1S/C14H22N4O/c1-9-5-3-4-6-11(9)18(2)14(19)13-15-12(16-17-13)10-7-8-10/h9-11H,3-8H2,1-2H3,(H,15,16,17). The highest BCUT2D eigenvalue weighted by atomic mass is 16.2. The third-order valence-corrected chi connectivity index (χ3v) is 4.54. The van der Waals surface area contributed by atoms with Gasteiger partial charge in [-0.25, -0.2) is 4.98 Å². The molecule has 1 aromatic heterocycles. The summed E-state index contributed by atoms with van der Waals surface area (Å²) in [7, 11) is 1.89. The second-order valence-electron chi connectivity index (χ2n) is 6.06. The van der Waals surface area contributed by atoms with Crippen LogP contribution in [0.15, 0.2) is 0 Å². The summed E-state index contributed by atoms with van der Waals surface area (Å²) >= 11 is 0. The van der Waals surface area contributed by atoms with E-state index in [-0.39, 0.29) is 5.91 Å². The summed E-state index contributed by atoms with van der Waals surface area (Å²) in [4.78, 5) is 18.6. The van der Waals surface area contributed by atoms with Gasteiger partial charge in [0, 0.05) is 19.0 Å². The highest BCUT2D eigenvalue weighted by molar-refractivity contribution is 5.90. The number of amides is 1. The Morgan fingerprint density at radius 2 is 2.00 bits per heavy atom. The molecule has 0 saturated heterocycles. The van der Waals surface area contributed by atoms with Crippen LogP contribution in [-0.4, -0.2) is 39.1 Å². The molecule has 2 aliphatic rings. The van der Waals surface area contributed by atoms with E-state index < -0.39 is 0 Å². The molecule has 2 fully saturated rings. The van der Waals surface area contributed by atoms with Crippen LogP contribution >= 0.6 is 0 Å². The summed E-state index contributed by atoms with van der Waals surface area (Å²) in [5.74, 6) is 2.26. The molecule has 0 radical (unpaired) electrons. The van der Waals surface area contributed by atoms with E-state index in [0.29, 0.717) is 23.7 Å². The van der Waals surface area contributed by atoms with Crippen molar-refractivity contribution in [1.29, 1.82) is 0 Å². The summed E-state index contributed by atoms with van der Waals surface area (Å²) in [5, 5.41) is 7.00. The van der Waals surface area contributed by atoms with Gasteiger partial charge in [-0.2, -0.15) is 0 Å². The number of H-pyrrole nitrogens is 1. The van der Waals surface area contributed by atoms with Crippen LogP contribution in [0.25, 0.3) is 0 Å². The fourth-order valence-corrected chi connectivity index (χ4v) is 3.09. The Kier molecular flexibility index (Phi) is 3.29. The van der Waals surface area contributed by atoms with Crippen molar-refractivity contribution in [3.05, 3.63) is 11.6 Å². The zero-order valence-electron chi connectivity index (χ0n) is 11.7. The highest BCUT2D eigenvalue weighted by Crippen LogP contribution is 2.37. The van der Waals surface area contributed by atoms with Crippen molar-refractivity contribution in [2.75, 3.05) is 7.05 Å². The number of aromatic nitrogens is 3. The van der Waals surface area contributed by atoms with Crippen LogP contribution in [0.5, 0.6) is 0 Å². The number of hydrogen-bond donors (Lipinski definition) is 1. The smallest absolute Gasteiger partial charge is 0.293 e. The number of carbonyl (C=O) groups excluding carboxylic acids is 1. The van der Waals surface area contributed by atoms with Gasteiger partial charge in [-0.15, -0.1) is 5.10 Å². The molecular formula is C14H22N4O. The SMILES string of the molecule is CC1CCCCC1N(C)C(=O)c1n[nH]c(C2CC2)n1. The van der Waals surface area contributed by atoms with Crippen molar-refractivity contribution >= 4 is 5.91 Å². The molecule has 104 valence electrons. The van der Waals surface area contributed by atoms with Gasteiger partial charge in [0.25, 0.3) is 5.91 Å². The van der Waals surface area contributed by atoms with E-state index >= 15 is 0 Å². The number of nitrogens with one attached hydrogen (secondary N) is 1. The number of aromatic amines is 1. The quantitative estimate of drug-likeness (QED) is 0.909. The topological polar surface area (TPSA) is 61.9 Å². The minimum atomic E-state index is -0.0399. The molecule has 19 heavy (non-hydrogen) atoms. The van der Waals surface area contributed by atoms with Gasteiger partial charge >= 0.3 is 0 Å². The Morgan fingerprint density at radius 3 is 2.68 bits per heavy atom. The van der Waals surface area contributed by atoms with Crippen LogP contribution in [0.1, 0.15) is 67.8 Å². The molecule has 2 aliphatic carbocycles. The lowest BCUT2D eigenvalue weighted by Gasteiger charge is -2.35. The van der Waals surface area contributed by atoms with E-state index in [1.165, 1.54) is 32.1 Å². The first-order chi connectivity index (χ1) is 9.16. The molecule has 2 saturated carbocycles. The zero-order valence-corrected chi connectivity index (χ0v) is 11.7. The van der Waals surface area contributed by atoms with E-state index in [4.69, 9.17) is 0 Å². The molecule has 0 bridgehead atoms. The number of rotatable bonds is 3. The van der Waals surface area contributed by atoms with Crippen molar-refractivity contribution in [2.45, 2.75) is 57.4 Å². The van der Waals surface area contributed by atoms with Crippen molar-refractivity contribution in [1.82, 2.24) is 20.1 Å². The molecule has 5 nitrogen and oxygen atoms in total. The molecule has 1 N–H and O–H groups in total. The molecule has 1 amide bonds. The Bertz CT molecular complexity index is 466. The maximum absolute atomic E-state index is 12.4. The molecule has 5 heteroatoms. The first-order valence-electron chi connectivity index (χ1n) is 7.36. The molecule has 2 unspecified atom stereocenters. The van der Waals surface area contributed by atoms with Gasteiger partial charge in [-0.1, -0.05) is 19.8 Å². The molecular weight excluding hydrogens is 240 g/mol. The van der Waals surface area contributed by atoms with Crippen molar-refractivity contribution in [2.24, 2.45) is 5.92 Å². The summed E-state index contributed by atoms with van der Waals surface area (Å²) < 4.78 is 0. The van der Waals surface area contributed by atoms with E-state index in [9.17, 15) is 4.79 Å². The van der Waals surface area contributed by atoms with Crippen LogP contribution in [0, 0.1) is 5.92 Å². The Morgan fingerprint density at radius 1 is 1.26 bits per heavy atom. The maximum atomic E-state index is 12.4. The molecule has 3 rings (SSSR count). The molecule has 0 aromatic carbocycles. The van der Waals surface area contributed by atoms with Gasteiger partial charge in [0.05, 0.1) is 0 Å². The Labute approximate surface area is 113 Å². The third-order valence-electron chi connectivity index (χ3n) is 4.54. The van der Waals surface area contributed by atoms with Crippen molar-refractivity contribution in [3.63, 3.8) is 0 Å². The average Bonchev–Trinajstić information content (AvgIpc) is 3.16. The first kappa shape index (κ1) is 12.6. The lowest BCUT2D eigenvalue weighted by Crippen LogP contribution is -2.43. The lowest BCUT2D eigenvalue weighted by molar-refractivity contribution is 0.0617. The van der Waals surface area contributed by atoms with Crippen molar-refractivity contribution in [3.8, 4) is 0 Å². The van der Waals surface area contributed by atoms with E-state index in [2.05, 4.69) is 22.1 Å². The lowest BCUT2D eigenvalue weighted by atomic mass is 9.85. The van der Waals surface area contributed by atoms with Crippen LogP contribution < -0.4 is 0 Å². The largest absolute Gasteiger partial charge is 0.336 e. The Hall–Kier alpha value is -1.39. The molecule has 2 atom stereocenters.